The Morgan fingerprint density at radius 3 is 0.962 bits per heavy atom. The highest BCUT2D eigenvalue weighted by molar-refractivity contribution is 5.32. The van der Waals surface area contributed by atoms with Crippen molar-refractivity contribution < 1.29 is 10.2 Å². The monoisotopic (exact) mass is 709 g/mol. The van der Waals surface area contributed by atoms with E-state index in [0.29, 0.717) is 0 Å². The largest absolute Gasteiger partial charge is 0.390 e. The maximum atomic E-state index is 10.6. The van der Waals surface area contributed by atoms with Crippen LogP contribution in [0.3, 0.4) is 0 Å². The summed E-state index contributed by atoms with van der Waals surface area (Å²) >= 11 is 0. The lowest BCUT2D eigenvalue weighted by Gasteiger charge is -2.29. The average molecular weight is 709 g/mol. The first-order valence-corrected chi connectivity index (χ1v) is 19.3. The van der Waals surface area contributed by atoms with Gasteiger partial charge in [-0.3, -0.25) is 0 Å². The minimum atomic E-state index is -0.673. The topological polar surface area (TPSA) is 40.5 Å². The second-order valence-corrected chi connectivity index (χ2v) is 16.3. The average Bonchev–Trinajstić information content (AvgIpc) is 3.01. The standard InChI is InChI=1S/C50H76O2/c1-39(2)31-35-47(49(11,12)51)37-33-45(9)29-19-27-43(7)25-17-23-41(5)21-15-16-22-42(6)24-18-26-44(8)28-20-30-46(10)34-38-48(50(13,14)52)36-32-40(3)4/h15-32,47-48,51-52H,33-38H2,1-14H3/b16-15+,23-17+,24-18+,27-19+,28-20+,41-21+,42-22+,43-25+,44-26+,45-29+,46-30+/t47-,48-/m0/s1. The molecule has 2 atom stereocenters. The van der Waals surface area contributed by atoms with Gasteiger partial charge < -0.3 is 10.2 Å². The third kappa shape index (κ3) is 27.2. The van der Waals surface area contributed by atoms with Gasteiger partial charge in [0, 0.05) is 0 Å². The number of allylic oxidation sites excluding steroid dienone is 26. The van der Waals surface area contributed by atoms with E-state index in [0.717, 1.165) is 38.5 Å². The predicted octanol–water partition coefficient (Wildman–Crippen LogP) is 14.5. The summed E-state index contributed by atoms with van der Waals surface area (Å²) in [6.45, 7) is 28.9. The minimum absolute atomic E-state index is 0.252. The van der Waals surface area contributed by atoms with E-state index in [-0.39, 0.29) is 11.8 Å². The van der Waals surface area contributed by atoms with Gasteiger partial charge in [-0.15, -0.1) is 0 Å². The Bertz CT molecular complexity index is 1350. The molecule has 0 rings (SSSR count). The van der Waals surface area contributed by atoms with Crippen LogP contribution in [0.15, 0.2) is 154 Å². The summed E-state index contributed by atoms with van der Waals surface area (Å²) in [6, 6.07) is 0. The third-order valence-electron chi connectivity index (χ3n) is 9.14. The van der Waals surface area contributed by atoms with Crippen LogP contribution in [0.2, 0.25) is 0 Å². The summed E-state index contributed by atoms with van der Waals surface area (Å²) in [5, 5.41) is 21.2. The lowest BCUT2D eigenvalue weighted by atomic mass is 9.83. The van der Waals surface area contributed by atoms with Crippen LogP contribution in [0.5, 0.6) is 0 Å². The van der Waals surface area contributed by atoms with E-state index in [1.807, 2.05) is 27.7 Å². The van der Waals surface area contributed by atoms with Crippen LogP contribution < -0.4 is 0 Å². The summed E-state index contributed by atoms with van der Waals surface area (Å²) in [5.74, 6) is 0.504. The Morgan fingerprint density at radius 2 is 0.692 bits per heavy atom. The first kappa shape index (κ1) is 48.5. The highest BCUT2D eigenvalue weighted by Gasteiger charge is 2.26. The van der Waals surface area contributed by atoms with Gasteiger partial charge in [-0.05, 0) is 147 Å². The van der Waals surface area contributed by atoms with Gasteiger partial charge >= 0.3 is 0 Å². The minimum Gasteiger partial charge on any atom is -0.390 e. The number of rotatable bonds is 22. The number of hydrogen-bond donors (Lipinski definition) is 2. The molecule has 0 saturated heterocycles. The van der Waals surface area contributed by atoms with Crippen molar-refractivity contribution >= 4 is 0 Å². The fraction of sp³-hybridized carbons (Fsp3) is 0.480. The van der Waals surface area contributed by atoms with Crippen molar-refractivity contribution in [1.29, 1.82) is 0 Å². The van der Waals surface area contributed by atoms with Gasteiger partial charge in [0.1, 0.15) is 0 Å². The second-order valence-electron chi connectivity index (χ2n) is 16.3. The van der Waals surface area contributed by atoms with Gasteiger partial charge in [0.2, 0.25) is 0 Å². The van der Waals surface area contributed by atoms with E-state index in [1.54, 1.807) is 0 Å². The van der Waals surface area contributed by atoms with Gasteiger partial charge in [0.15, 0.2) is 0 Å². The quantitative estimate of drug-likeness (QED) is 0.0868. The smallest absolute Gasteiger partial charge is 0.0622 e. The van der Waals surface area contributed by atoms with E-state index >= 15 is 0 Å². The van der Waals surface area contributed by atoms with Gasteiger partial charge in [-0.25, -0.2) is 0 Å². The SMILES string of the molecule is CC(C)=CC[C@@H](CC/C(C)=C/C=C/C(C)=C/C=C/C(C)=C/C=C/C=C(C)/C=C/C=C(C)/C=C/C=C(\C)CC[C@H](CC=C(C)C)C(C)(C)O)C(C)(C)O. The molecular weight excluding hydrogens is 633 g/mol. The molecule has 0 fully saturated rings. The zero-order valence-electron chi connectivity index (χ0n) is 35.7. The van der Waals surface area contributed by atoms with Crippen LogP contribution in [0.4, 0.5) is 0 Å². The molecule has 2 nitrogen and oxygen atoms in total. The fourth-order valence-electron chi connectivity index (χ4n) is 5.31. The van der Waals surface area contributed by atoms with Gasteiger partial charge in [0.05, 0.1) is 11.2 Å². The van der Waals surface area contributed by atoms with Crippen molar-refractivity contribution in [3.8, 4) is 0 Å². The predicted molar refractivity (Wildman–Crippen MR) is 234 cm³/mol. The zero-order valence-corrected chi connectivity index (χ0v) is 35.7. The normalized spacial score (nSPS) is 16.3. The maximum absolute atomic E-state index is 10.6. The highest BCUT2D eigenvalue weighted by atomic mass is 16.3. The highest BCUT2D eigenvalue weighted by Crippen LogP contribution is 2.29. The van der Waals surface area contributed by atoms with Gasteiger partial charge in [-0.1, -0.05) is 154 Å². The van der Waals surface area contributed by atoms with Crippen molar-refractivity contribution in [2.75, 3.05) is 0 Å². The van der Waals surface area contributed by atoms with Crippen molar-refractivity contribution in [2.24, 2.45) is 11.8 Å². The third-order valence-corrected chi connectivity index (χ3v) is 9.14. The summed E-state index contributed by atoms with van der Waals surface area (Å²) in [4.78, 5) is 0. The van der Waals surface area contributed by atoms with Gasteiger partial charge in [-0.2, -0.15) is 0 Å². The van der Waals surface area contributed by atoms with E-state index in [9.17, 15) is 10.2 Å². The molecule has 0 aliphatic heterocycles. The summed E-state index contributed by atoms with van der Waals surface area (Å²) in [5.41, 5.74) is 8.68. The molecule has 0 unspecified atom stereocenters. The lowest BCUT2D eigenvalue weighted by molar-refractivity contribution is 0.0140. The molecule has 0 aliphatic rings. The van der Waals surface area contributed by atoms with E-state index in [2.05, 4.69) is 179 Å². The molecule has 0 aromatic rings. The summed E-state index contributed by atoms with van der Waals surface area (Å²) in [6.07, 6.45) is 44.2. The van der Waals surface area contributed by atoms with Gasteiger partial charge in [0.25, 0.3) is 0 Å². The zero-order chi connectivity index (χ0) is 39.7. The maximum Gasteiger partial charge on any atom is 0.0622 e. The van der Waals surface area contributed by atoms with Crippen LogP contribution in [-0.4, -0.2) is 21.4 Å². The first-order chi connectivity index (χ1) is 24.2. The molecule has 0 aromatic heterocycles. The Hall–Kier alpha value is -3.46. The summed E-state index contributed by atoms with van der Waals surface area (Å²) in [7, 11) is 0. The lowest BCUT2D eigenvalue weighted by Crippen LogP contribution is -2.30. The van der Waals surface area contributed by atoms with Crippen LogP contribution in [-0.2, 0) is 0 Å². The van der Waals surface area contributed by atoms with Crippen LogP contribution in [0.1, 0.15) is 135 Å². The molecule has 0 aliphatic carbocycles. The van der Waals surface area contributed by atoms with Crippen molar-refractivity contribution in [3.05, 3.63) is 154 Å². The molecule has 0 bridgehead atoms. The molecule has 0 saturated carbocycles. The molecule has 0 heterocycles. The molecule has 2 heteroatoms. The molecule has 0 aromatic carbocycles. The van der Waals surface area contributed by atoms with E-state index in [4.69, 9.17) is 0 Å². The van der Waals surface area contributed by atoms with E-state index < -0.39 is 11.2 Å². The number of hydrogen-bond acceptors (Lipinski definition) is 2. The van der Waals surface area contributed by atoms with Crippen LogP contribution in [0, 0.1) is 11.8 Å². The Balaban J connectivity index is 4.93. The van der Waals surface area contributed by atoms with Crippen molar-refractivity contribution in [1.82, 2.24) is 0 Å². The molecule has 52 heavy (non-hydrogen) atoms. The fourth-order valence-corrected chi connectivity index (χ4v) is 5.31. The molecule has 0 radical (unpaired) electrons. The molecule has 0 amide bonds. The Morgan fingerprint density at radius 1 is 0.423 bits per heavy atom. The van der Waals surface area contributed by atoms with E-state index in [1.165, 1.54) is 44.6 Å². The Labute approximate surface area is 321 Å². The molecule has 288 valence electrons. The molecular formula is C50H76O2. The number of aliphatic hydroxyl groups is 2. The van der Waals surface area contributed by atoms with Crippen LogP contribution >= 0.6 is 0 Å². The second kappa shape index (κ2) is 26.3. The molecule has 0 spiro atoms. The Kier molecular flexibility index (Phi) is 24.6. The molecule has 2 N–H and O–H groups in total. The van der Waals surface area contributed by atoms with Crippen molar-refractivity contribution in [2.45, 2.75) is 147 Å². The van der Waals surface area contributed by atoms with Crippen molar-refractivity contribution in [3.63, 3.8) is 0 Å². The van der Waals surface area contributed by atoms with Crippen LogP contribution in [0.25, 0.3) is 0 Å². The first-order valence-electron chi connectivity index (χ1n) is 19.3. The summed E-state index contributed by atoms with van der Waals surface area (Å²) < 4.78 is 0.